The van der Waals surface area contributed by atoms with Gasteiger partial charge in [-0.05, 0) is 20.3 Å². The number of rotatable bonds is 8. The number of carbonyl (C=O) groups excluding carboxylic acids is 2. The summed E-state index contributed by atoms with van der Waals surface area (Å²) in [6, 6.07) is -3.35. The van der Waals surface area contributed by atoms with Crippen molar-refractivity contribution in [2.45, 2.75) is 57.0 Å². The standard InChI is InChI=1S/C17H27N7O7/c1-6(16(30)31)21-14(28)8(18)3-4-10(26)24-9(12(27)7(2)25)5-20-13-11(24)15(29)23-17(19)22-13/h6-9,12,25,27H,3-5,18H2,1-2H3,(H,21,28)(H,30,31)(H4,19,20,22,23,29)/t6-,7+,8-,9-,12+/m1/s1. The van der Waals surface area contributed by atoms with Crippen LogP contribution in [0.5, 0.6) is 0 Å². The fraction of sp³-hybridized carbons (Fsp3) is 0.588. The molecule has 0 spiro atoms. The maximum atomic E-state index is 13.0. The third kappa shape index (κ3) is 5.48. The summed E-state index contributed by atoms with van der Waals surface area (Å²) in [7, 11) is 0. The molecule has 0 saturated carbocycles. The zero-order chi connectivity index (χ0) is 23.5. The number of amides is 2. The topological polar surface area (TPSA) is 237 Å². The molecule has 2 heterocycles. The van der Waals surface area contributed by atoms with Crippen LogP contribution in [0.1, 0.15) is 26.7 Å². The summed E-state index contributed by atoms with van der Waals surface area (Å²) in [6.07, 6.45) is -3.07. The molecule has 172 valence electrons. The monoisotopic (exact) mass is 441 g/mol. The van der Waals surface area contributed by atoms with Crippen molar-refractivity contribution in [3.63, 3.8) is 0 Å². The quantitative estimate of drug-likeness (QED) is 0.201. The Bertz CT molecular complexity index is 903. The molecule has 0 aliphatic carbocycles. The van der Waals surface area contributed by atoms with E-state index in [2.05, 4.69) is 20.6 Å². The summed E-state index contributed by atoms with van der Waals surface area (Å²) in [5.74, 6) is -2.80. The van der Waals surface area contributed by atoms with E-state index >= 15 is 0 Å². The molecular weight excluding hydrogens is 414 g/mol. The van der Waals surface area contributed by atoms with Crippen LogP contribution in [0.15, 0.2) is 4.79 Å². The molecule has 1 aromatic heterocycles. The van der Waals surface area contributed by atoms with E-state index in [0.717, 1.165) is 4.90 Å². The number of carboxylic acid groups (broad SMARTS) is 1. The van der Waals surface area contributed by atoms with Crippen LogP contribution in [0, 0.1) is 0 Å². The maximum absolute atomic E-state index is 13.0. The minimum absolute atomic E-state index is 0.0244. The zero-order valence-electron chi connectivity index (χ0n) is 17.0. The summed E-state index contributed by atoms with van der Waals surface area (Å²) in [6.45, 7) is 2.57. The van der Waals surface area contributed by atoms with Crippen LogP contribution in [-0.2, 0) is 14.4 Å². The van der Waals surface area contributed by atoms with Crippen LogP contribution in [0.4, 0.5) is 17.5 Å². The molecule has 0 bridgehead atoms. The van der Waals surface area contributed by atoms with Crippen molar-refractivity contribution in [3.05, 3.63) is 10.4 Å². The lowest BCUT2D eigenvalue weighted by Gasteiger charge is -2.39. The van der Waals surface area contributed by atoms with Gasteiger partial charge in [-0.3, -0.25) is 29.1 Å². The van der Waals surface area contributed by atoms with Gasteiger partial charge in [-0.25, -0.2) is 0 Å². The predicted molar refractivity (Wildman–Crippen MR) is 109 cm³/mol. The van der Waals surface area contributed by atoms with E-state index in [1.165, 1.54) is 13.8 Å². The number of aromatic amines is 1. The molecule has 5 atom stereocenters. The number of nitrogens with one attached hydrogen (secondary N) is 3. The number of aliphatic carboxylic acids is 1. The molecule has 0 fully saturated rings. The van der Waals surface area contributed by atoms with Crippen molar-refractivity contribution in [3.8, 4) is 0 Å². The third-order valence-electron chi connectivity index (χ3n) is 4.86. The molecule has 0 aromatic carbocycles. The van der Waals surface area contributed by atoms with Crippen LogP contribution >= 0.6 is 0 Å². The van der Waals surface area contributed by atoms with Gasteiger partial charge in [-0.1, -0.05) is 0 Å². The molecule has 2 rings (SSSR count). The largest absolute Gasteiger partial charge is 0.480 e. The molecule has 10 N–H and O–H groups in total. The summed E-state index contributed by atoms with van der Waals surface area (Å²) in [5, 5.41) is 34.0. The van der Waals surface area contributed by atoms with Gasteiger partial charge < -0.3 is 37.4 Å². The lowest BCUT2D eigenvalue weighted by Crippen LogP contribution is -2.58. The van der Waals surface area contributed by atoms with Crippen molar-refractivity contribution in [2.75, 3.05) is 22.5 Å². The van der Waals surface area contributed by atoms with Gasteiger partial charge in [0.25, 0.3) is 5.56 Å². The summed E-state index contributed by atoms with van der Waals surface area (Å²) in [5.41, 5.74) is 10.4. The first-order valence-electron chi connectivity index (χ1n) is 9.54. The Balaban J connectivity index is 2.23. The molecule has 0 radical (unpaired) electrons. The SMILES string of the molecule is C[C@H](O)[C@H](O)[C@H]1CNc2nc(N)[nH]c(=O)c2N1C(=O)CC[C@@H](N)C(=O)N[C@H](C)C(=O)O. The second-order valence-corrected chi connectivity index (χ2v) is 7.31. The number of aliphatic hydroxyl groups is 2. The Labute approximate surface area is 176 Å². The van der Waals surface area contributed by atoms with E-state index < -0.39 is 53.7 Å². The zero-order valence-corrected chi connectivity index (χ0v) is 17.0. The summed E-state index contributed by atoms with van der Waals surface area (Å²) in [4.78, 5) is 55.6. The van der Waals surface area contributed by atoms with Crippen molar-refractivity contribution < 1.29 is 29.7 Å². The number of aliphatic hydroxyl groups excluding tert-OH is 2. The van der Waals surface area contributed by atoms with Gasteiger partial charge in [0.15, 0.2) is 11.5 Å². The van der Waals surface area contributed by atoms with E-state index in [0.29, 0.717) is 0 Å². The maximum Gasteiger partial charge on any atom is 0.325 e. The van der Waals surface area contributed by atoms with Gasteiger partial charge in [0.1, 0.15) is 12.1 Å². The van der Waals surface area contributed by atoms with Gasteiger partial charge in [0.05, 0.1) is 18.2 Å². The van der Waals surface area contributed by atoms with Crippen LogP contribution in [0.25, 0.3) is 0 Å². The van der Waals surface area contributed by atoms with Gasteiger partial charge in [-0.15, -0.1) is 0 Å². The molecular formula is C17H27N7O7. The minimum Gasteiger partial charge on any atom is -0.480 e. The molecule has 1 aliphatic rings. The molecule has 14 heteroatoms. The van der Waals surface area contributed by atoms with Crippen molar-refractivity contribution in [1.29, 1.82) is 0 Å². The number of anilines is 3. The molecule has 0 saturated heterocycles. The smallest absolute Gasteiger partial charge is 0.325 e. The van der Waals surface area contributed by atoms with E-state index in [4.69, 9.17) is 16.6 Å². The average Bonchev–Trinajstić information content (AvgIpc) is 2.69. The number of nitrogens with zero attached hydrogens (tertiary/aromatic N) is 2. The van der Waals surface area contributed by atoms with E-state index in [1.807, 2.05) is 0 Å². The molecule has 31 heavy (non-hydrogen) atoms. The number of carboxylic acids is 1. The normalized spacial score (nSPS) is 19.4. The Morgan fingerprint density at radius 2 is 1.97 bits per heavy atom. The second-order valence-electron chi connectivity index (χ2n) is 7.31. The fourth-order valence-electron chi connectivity index (χ4n) is 3.11. The number of H-pyrrole nitrogens is 1. The van der Waals surface area contributed by atoms with Gasteiger partial charge in [0.2, 0.25) is 17.8 Å². The number of nitrogens with two attached hydrogens (primary N) is 2. The summed E-state index contributed by atoms with van der Waals surface area (Å²) >= 11 is 0. The highest BCUT2D eigenvalue weighted by Crippen LogP contribution is 2.29. The van der Waals surface area contributed by atoms with Crippen LogP contribution in [-0.4, -0.2) is 79.9 Å². The Kier molecular flexibility index (Phi) is 7.54. The van der Waals surface area contributed by atoms with Crippen molar-refractivity contribution >= 4 is 35.2 Å². The second kappa shape index (κ2) is 9.72. The Morgan fingerprint density at radius 3 is 2.55 bits per heavy atom. The van der Waals surface area contributed by atoms with Crippen molar-refractivity contribution in [2.24, 2.45) is 5.73 Å². The highest BCUT2D eigenvalue weighted by Gasteiger charge is 2.39. The molecule has 2 amide bonds. The number of nitrogen functional groups attached to an aromatic ring is 1. The molecule has 14 nitrogen and oxygen atoms in total. The molecule has 1 aromatic rings. The highest BCUT2D eigenvalue weighted by molar-refractivity contribution is 5.98. The summed E-state index contributed by atoms with van der Waals surface area (Å²) < 4.78 is 0. The van der Waals surface area contributed by atoms with Crippen LogP contribution in [0.2, 0.25) is 0 Å². The van der Waals surface area contributed by atoms with E-state index in [9.17, 15) is 29.4 Å². The van der Waals surface area contributed by atoms with Gasteiger partial charge in [0, 0.05) is 13.0 Å². The van der Waals surface area contributed by atoms with Crippen LogP contribution in [0.3, 0.4) is 0 Å². The van der Waals surface area contributed by atoms with Crippen LogP contribution < -0.4 is 32.6 Å². The minimum atomic E-state index is -1.39. The van der Waals surface area contributed by atoms with E-state index in [-0.39, 0.29) is 36.8 Å². The highest BCUT2D eigenvalue weighted by atomic mass is 16.4. The number of hydrogen-bond acceptors (Lipinski definition) is 10. The number of fused-ring (bicyclic) bond motifs is 1. The first kappa shape index (κ1) is 24.0. The third-order valence-corrected chi connectivity index (χ3v) is 4.86. The number of hydrogen-bond donors (Lipinski definition) is 8. The Morgan fingerprint density at radius 1 is 1.32 bits per heavy atom. The lowest BCUT2D eigenvalue weighted by molar-refractivity contribution is -0.141. The first-order chi connectivity index (χ1) is 14.4. The van der Waals surface area contributed by atoms with Gasteiger partial charge in [-0.2, -0.15) is 4.98 Å². The average molecular weight is 441 g/mol. The number of aromatic nitrogens is 2. The van der Waals surface area contributed by atoms with Gasteiger partial charge >= 0.3 is 5.97 Å². The fourth-order valence-corrected chi connectivity index (χ4v) is 3.11. The number of carbonyl (C=O) groups is 3. The molecule has 1 aliphatic heterocycles. The van der Waals surface area contributed by atoms with E-state index in [1.54, 1.807) is 0 Å². The predicted octanol–water partition coefficient (Wildman–Crippen LogP) is -3.08. The first-order valence-corrected chi connectivity index (χ1v) is 9.54. The molecule has 0 unspecified atom stereocenters. The lowest BCUT2D eigenvalue weighted by atomic mass is 10.0. The van der Waals surface area contributed by atoms with Crippen molar-refractivity contribution in [1.82, 2.24) is 15.3 Å². The Hall–Kier alpha value is -3.23.